The number of aromatic amines is 1. The van der Waals surface area contributed by atoms with Gasteiger partial charge in [-0.3, -0.25) is 9.69 Å². The maximum Gasteiger partial charge on any atom is 0.162 e. The summed E-state index contributed by atoms with van der Waals surface area (Å²) in [6.45, 7) is 2.85. The third-order valence-electron chi connectivity index (χ3n) is 5.74. The lowest BCUT2D eigenvalue weighted by atomic mass is 10.00. The summed E-state index contributed by atoms with van der Waals surface area (Å²) in [5.74, 6) is 0.636. The van der Waals surface area contributed by atoms with E-state index in [1.165, 1.54) is 28.7 Å². The van der Waals surface area contributed by atoms with Crippen LogP contribution in [0.1, 0.15) is 35.2 Å². The summed E-state index contributed by atoms with van der Waals surface area (Å²) in [7, 11) is 1.69. The molecule has 2 heterocycles. The predicted molar refractivity (Wildman–Crippen MR) is 118 cm³/mol. The van der Waals surface area contributed by atoms with Gasteiger partial charge in [-0.1, -0.05) is 11.6 Å². The predicted octanol–water partition coefficient (Wildman–Crippen LogP) is 5.15. The van der Waals surface area contributed by atoms with Crippen molar-refractivity contribution in [2.45, 2.75) is 25.7 Å². The quantitative estimate of drug-likeness (QED) is 0.415. The molecule has 0 spiro atoms. The fraction of sp³-hybridized carbons (Fsp3) is 0.320. The number of H-pyrrole nitrogens is 1. The lowest BCUT2D eigenvalue weighted by Crippen LogP contribution is -2.31. The van der Waals surface area contributed by atoms with Gasteiger partial charge in [0.2, 0.25) is 0 Å². The lowest BCUT2D eigenvalue weighted by Gasteiger charge is -2.27. The van der Waals surface area contributed by atoms with Crippen LogP contribution >= 0.6 is 0 Å². The number of halogens is 1. The Labute approximate surface area is 176 Å². The largest absolute Gasteiger partial charge is 0.497 e. The highest BCUT2D eigenvalue weighted by Gasteiger charge is 2.15. The Morgan fingerprint density at radius 3 is 2.83 bits per heavy atom. The average molecular weight is 407 g/mol. The minimum atomic E-state index is -0.312. The van der Waals surface area contributed by atoms with E-state index in [4.69, 9.17) is 4.74 Å². The van der Waals surface area contributed by atoms with E-state index in [2.05, 4.69) is 34.3 Å². The molecule has 1 aromatic heterocycles. The molecule has 0 fully saturated rings. The molecule has 0 saturated carbocycles. The number of ether oxygens (including phenoxy) is 1. The highest BCUT2D eigenvalue weighted by Crippen LogP contribution is 2.26. The first kappa shape index (κ1) is 20.4. The van der Waals surface area contributed by atoms with Crippen molar-refractivity contribution in [2.75, 3.05) is 26.7 Å². The van der Waals surface area contributed by atoms with Crippen molar-refractivity contribution in [1.82, 2.24) is 9.88 Å². The molecule has 30 heavy (non-hydrogen) atoms. The summed E-state index contributed by atoms with van der Waals surface area (Å²) in [5.41, 5.74) is 4.40. The van der Waals surface area contributed by atoms with Gasteiger partial charge in [0.15, 0.2) is 5.78 Å². The zero-order valence-electron chi connectivity index (χ0n) is 17.3. The molecule has 3 aromatic rings. The number of nitrogens with one attached hydrogen (secondary N) is 1. The van der Waals surface area contributed by atoms with Crippen LogP contribution in [-0.4, -0.2) is 42.4 Å². The zero-order chi connectivity index (χ0) is 20.9. The number of ketones is 1. The molecule has 0 atom stereocenters. The summed E-state index contributed by atoms with van der Waals surface area (Å²) >= 11 is 0. The van der Waals surface area contributed by atoms with Crippen LogP contribution in [0.3, 0.4) is 0 Å². The second-order valence-electron chi connectivity index (χ2n) is 7.86. The lowest BCUT2D eigenvalue weighted by molar-refractivity contribution is 0.0975. The van der Waals surface area contributed by atoms with Crippen molar-refractivity contribution in [1.29, 1.82) is 0 Å². The standard InChI is InChI=1S/C25H27FN2O2/c1-30-22-10-11-24-23(15-22)20(16-27-24)14-18-4-2-12-28(17-18)13-3-5-25(29)19-6-8-21(26)9-7-19/h4,6-11,15-16,27H,2-3,5,12-14,17H2,1H3. The number of hydrogen-bond donors (Lipinski definition) is 1. The monoisotopic (exact) mass is 406 g/mol. The maximum atomic E-state index is 13.0. The van der Waals surface area contributed by atoms with Crippen LogP contribution in [0.25, 0.3) is 10.9 Å². The Bertz CT molecular complexity index is 1050. The Morgan fingerprint density at radius 1 is 1.20 bits per heavy atom. The van der Waals surface area contributed by atoms with E-state index in [0.29, 0.717) is 12.0 Å². The molecule has 0 unspecified atom stereocenters. The fourth-order valence-corrected chi connectivity index (χ4v) is 4.12. The molecule has 0 saturated heterocycles. The molecular formula is C25H27FN2O2. The molecule has 4 nitrogen and oxygen atoms in total. The van der Waals surface area contributed by atoms with Crippen molar-refractivity contribution >= 4 is 16.7 Å². The second-order valence-corrected chi connectivity index (χ2v) is 7.86. The smallest absolute Gasteiger partial charge is 0.162 e. The first-order valence-electron chi connectivity index (χ1n) is 10.5. The summed E-state index contributed by atoms with van der Waals surface area (Å²) in [6.07, 6.45) is 7.69. The molecule has 0 aliphatic carbocycles. The SMILES string of the molecule is COc1ccc2[nH]cc(CC3=CCCN(CCCC(=O)c4ccc(F)cc4)C3)c2c1. The van der Waals surface area contributed by atoms with Crippen LogP contribution in [0.2, 0.25) is 0 Å². The van der Waals surface area contributed by atoms with Crippen LogP contribution in [0.5, 0.6) is 5.75 Å². The number of aromatic nitrogens is 1. The third kappa shape index (κ3) is 4.79. The molecule has 0 amide bonds. The molecule has 1 aliphatic rings. The van der Waals surface area contributed by atoms with Gasteiger partial charge >= 0.3 is 0 Å². The number of methoxy groups -OCH3 is 1. The number of fused-ring (bicyclic) bond motifs is 1. The zero-order valence-corrected chi connectivity index (χ0v) is 17.3. The minimum absolute atomic E-state index is 0.0792. The fourth-order valence-electron chi connectivity index (χ4n) is 4.12. The van der Waals surface area contributed by atoms with Crippen molar-refractivity contribution < 1.29 is 13.9 Å². The first-order chi connectivity index (χ1) is 14.6. The Balaban J connectivity index is 1.31. The van der Waals surface area contributed by atoms with Crippen molar-refractivity contribution in [3.63, 3.8) is 0 Å². The normalized spacial score (nSPS) is 14.7. The van der Waals surface area contributed by atoms with Gasteiger partial charge in [0.1, 0.15) is 11.6 Å². The van der Waals surface area contributed by atoms with Gasteiger partial charge < -0.3 is 9.72 Å². The van der Waals surface area contributed by atoms with Gasteiger partial charge in [-0.2, -0.15) is 0 Å². The van der Waals surface area contributed by atoms with Gasteiger partial charge in [0.25, 0.3) is 0 Å². The van der Waals surface area contributed by atoms with Crippen LogP contribution in [-0.2, 0) is 6.42 Å². The van der Waals surface area contributed by atoms with Crippen LogP contribution in [0.4, 0.5) is 4.39 Å². The molecule has 5 heteroatoms. The number of benzene rings is 2. The Kier molecular flexibility index (Phi) is 6.29. The summed E-state index contributed by atoms with van der Waals surface area (Å²) < 4.78 is 18.4. The van der Waals surface area contributed by atoms with Gasteiger partial charge in [0, 0.05) is 42.2 Å². The van der Waals surface area contributed by atoms with Crippen LogP contribution < -0.4 is 4.74 Å². The van der Waals surface area contributed by atoms with Gasteiger partial charge in [-0.25, -0.2) is 4.39 Å². The number of Topliss-reactive ketones (excluding diaryl/α,β-unsaturated/α-hetero) is 1. The van der Waals surface area contributed by atoms with E-state index in [0.717, 1.165) is 50.2 Å². The second kappa shape index (κ2) is 9.26. The van der Waals surface area contributed by atoms with Crippen molar-refractivity contribution in [3.8, 4) is 5.75 Å². The molecule has 1 N–H and O–H groups in total. The molecule has 156 valence electrons. The topological polar surface area (TPSA) is 45.3 Å². The van der Waals surface area contributed by atoms with Gasteiger partial charge in [-0.15, -0.1) is 0 Å². The van der Waals surface area contributed by atoms with Crippen LogP contribution in [0.15, 0.2) is 60.3 Å². The van der Waals surface area contributed by atoms with Crippen molar-refractivity contribution in [3.05, 3.63) is 77.3 Å². The number of hydrogen-bond acceptors (Lipinski definition) is 3. The summed E-state index contributed by atoms with van der Waals surface area (Å²) in [5, 5.41) is 1.21. The van der Waals surface area contributed by atoms with E-state index >= 15 is 0 Å². The van der Waals surface area contributed by atoms with Crippen molar-refractivity contribution in [2.24, 2.45) is 0 Å². The van der Waals surface area contributed by atoms with Crippen LogP contribution in [0, 0.1) is 5.82 Å². The summed E-state index contributed by atoms with van der Waals surface area (Å²) in [4.78, 5) is 18.1. The minimum Gasteiger partial charge on any atom is -0.497 e. The Morgan fingerprint density at radius 2 is 2.03 bits per heavy atom. The number of carbonyl (C=O) groups excluding carboxylic acids is 1. The third-order valence-corrected chi connectivity index (χ3v) is 5.74. The number of rotatable bonds is 8. The van der Waals surface area contributed by atoms with Gasteiger partial charge in [-0.05, 0) is 73.8 Å². The van der Waals surface area contributed by atoms with E-state index < -0.39 is 0 Å². The molecule has 0 radical (unpaired) electrons. The van der Waals surface area contributed by atoms with Gasteiger partial charge in [0.05, 0.1) is 7.11 Å². The average Bonchev–Trinajstić information content (AvgIpc) is 3.16. The molecule has 0 bridgehead atoms. The molecular weight excluding hydrogens is 379 g/mol. The maximum absolute atomic E-state index is 13.0. The molecule has 4 rings (SSSR count). The van der Waals surface area contributed by atoms with E-state index in [1.807, 2.05) is 6.07 Å². The molecule has 2 aromatic carbocycles. The number of carbonyl (C=O) groups is 1. The number of nitrogens with zero attached hydrogens (tertiary/aromatic N) is 1. The first-order valence-corrected chi connectivity index (χ1v) is 10.5. The van der Waals surface area contributed by atoms with E-state index in [9.17, 15) is 9.18 Å². The summed E-state index contributed by atoms with van der Waals surface area (Å²) in [6, 6.07) is 11.9. The molecule has 1 aliphatic heterocycles. The van der Waals surface area contributed by atoms with E-state index in [-0.39, 0.29) is 11.6 Å². The Hall–Kier alpha value is -2.92. The highest BCUT2D eigenvalue weighted by molar-refractivity contribution is 5.95. The van der Waals surface area contributed by atoms with E-state index in [1.54, 1.807) is 19.2 Å². The highest BCUT2D eigenvalue weighted by atomic mass is 19.1.